The number of ether oxygens (including phenoxy) is 1. The third kappa shape index (κ3) is 5.81. The van der Waals surface area contributed by atoms with Crippen LogP contribution in [-0.2, 0) is 9.53 Å². The van der Waals surface area contributed by atoms with E-state index in [2.05, 4.69) is 15.4 Å². The summed E-state index contributed by atoms with van der Waals surface area (Å²) in [6.45, 7) is 1.30. The van der Waals surface area contributed by atoms with Gasteiger partial charge in [-0.2, -0.15) is 0 Å². The first-order valence-corrected chi connectivity index (χ1v) is 8.08. The molecule has 0 bridgehead atoms. The Balaban J connectivity index is 1.77. The van der Waals surface area contributed by atoms with Gasteiger partial charge in [-0.25, -0.2) is 18.4 Å². The van der Waals surface area contributed by atoms with Crippen LogP contribution >= 0.6 is 0 Å². The van der Waals surface area contributed by atoms with Gasteiger partial charge in [0.25, 0.3) is 5.91 Å². The number of benzene rings is 1. The highest BCUT2D eigenvalue weighted by atomic mass is 19.1. The number of amides is 3. The number of carbonyl (C=O) groups is 3. The lowest BCUT2D eigenvalue weighted by Crippen LogP contribution is -2.48. The van der Waals surface area contributed by atoms with Gasteiger partial charge in [0, 0.05) is 12.1 Å². The fourth-order valence-corrected chi connectivity index (χ4v) is 2.78. The van der Waals surface area contributed by atoms with E-state index in [1.165, 1.54) is 0 Å². The first kappa shape index (κ1) is 18.8. The van der Waals surface area contributed by atoms with Crippen molar-refractivity contribution < 1.29 is 27.9 Å². The number of urea groups is 1. The van der Waals surface area contributed by atoms with Crippen LogP contribution in [0.2, 0.25) is 0 Å². The van der Waals surface area contributed by atoms with Crippen molar-refractivity contribution in [2.24, 2.45) is 5.92 Å². The van der Waals surface area contributed by atoms with Crippen molar-refractivity contribution in [1.29, 1.82) is 0 Å². The largest absolute Gasteiger partial charge is 0.452 e. The third-order valence-corrected chi connectivity index (χ3v) is 4.11. The summed E-state index contributed by atoms with van der Waals surface area (Å²) < 4.78 is 30.7. The number of imide groups is 1. The van der Waals surface area contributed by atoms with Gasteiger partial charge in [-0.15, -0.1) is 0 Å². The molecule has 1 fully saturated rings. The molecule has 0 heterocycles. The fourth-order valence-electron chi connectivity index (χ4n) is 2.78. The first-order chi connectivity index (χ1) is 11.8. The van der Waals surface area contributed by atoms with Gasteiger partial charge in [0.05, 0.1) is 5.56 Å². The van der Waals surface area contributed by atoms with Crippen molar-refractivity contribution in [3.8, 4) is 0 Å². The molecular weight excluding hydrogens is 334 g/mol. The van der Waals surface area contributed by atoms with Crippen molar-refractivity contribution in [1.82, 2.24) is 10.6 Å². The standard InChI is InChI=1S/C17H20F2N2O4/c1-10-4-2-3-5-14(10)20-17(24)21-15(22)9-25-16(23)11-6-12(18)8-13(19)7-11/h6-8,10,14H,2-5,9H2,1H3,(H2,20,21,22,24)/t10-,14+/m0/s1. The fraction of sp³-hybridized carbons (Fsp3) is 0.471. The van der Waals surface area contributed by atoms with Gasteiger partial charge in [-0.3, -0.25) is 10.1 Å². The lowest BCUT2D eigenvalue weighted by atomic mass is 9.86. The number of hydrogen-bond donors (Lipinski definition) is 2. The molecule has 8 heteroatoms. The molecule has 0 radical (unpaired) electrons. The number of nitrogens with one attached hydrogen (secondary N) is 2. The normalized spacial score (nSPS) is 19.8. The highest BCUT2D eigenvalue weighted by Gasteiger charge is 2.23. The van der Waals surface area contributed by atoms with E-state index in [-0.39, 0.29) is 11.6 Å². The Kier molecular flexibility index (Phi) is 6.44. The van der Waals surface area contributed by atoms with E-state index in [0.29, 0.717) is 12.0 Å². The molecular formula is C17H20F2N2O4. The molecule has 1 aromatic rings. The SMILES string of the molecule is C[C@H]1CCCC[C@H]1NC(=O)NC(=O)COC(=O)c1cc(F)cc(F)c1. The molecule has 2 atom stereocenters. The molecule has 3 amide bonds. The predicted octanol–water partition coefficient (Wildman–Crippen LogP) is 2.53. The molecule has 0 aromatic heterocycles. The van der Waals surface area contributed by atoms with Crippen molar-refractivity contribution in [3.63, 3.8) is 0 Å². The van der Waals surface area contributed by atoms with Crippen molar-refractivity contribution in [3.05, 3.63) is 35.4 Å². The average Bonchev–Trinajstić information content (AvgIpc) is 2.53. The van der Waals surface area contributed by atoms with Crippen LogP contribution in [0.15, 0.2) is 18.2 Å². The average molecular weight is 354 g/mol. The smallest absolute Gasteiger partial charge is 0.338 e. The molecule has 136 valence electrons. The van der Waals surface area contributed by atoms with Crippen molar-refractivity contribution in [2.45, 2.75) is 38.6 Å². The quantitative estimate of drug-likeness (QED) is 0.814. The topological polar surface area (TPSA) is 84.5 Å². The summed E-state index contributed by atoms with van der Waals surface area (Å²) in [4.78, 5) is 35.1. The Hall–Kier alpha value is -2.51. The monoisotopic (exact) mass is 354 g/mol. The Bertz CT molecular complexity index is 646. The van der Waals surface area contributed by atoms with Gasteiger partial charge < -0.3 is 10.1 Å². The summed E-state index contributed by atoms with van der Waals surface area (Å²) in [7, 11) is 0. The second kappa shape index (κ2) is 8.55. The summed E-state index contributed by atoms with van der Waals surface area (Å²) in [5.74, 6) is -3.42. The number of carbonyl (C=O) groups excluding carboxylic acids is 3. The van der Waals surface area contributed by atoms with E-state index in [9.17, 15) is 23.2 Å². The maximum absolute atomic E-state index is 13.0. The van der Waals surface area contributed by atoms with Crippen LogP contribution in [0, 0.1) is 17.6 Å². The Labute approximate surface area is 143 Å². The van der Waals surface area contributed by atoms with Gasteiger partial charge in [-0.1, -0.05) is 19.8 Å². The molecule has 25 heavy (non-hydrogen) atoms. The van der Waals surface area contributed by atoms with E-state index in [1.54, 1.807) is 0 Å². The second-order valence-electron chi connectivity index (χ2n) is 6.12. The van der Waals surface area contributed by atoms with E-state index in [1.807, 2.05) is 6.92 Å². The van der Waals surface area contributed by atoms with E-state index in [0.717, 1.165) is 37.8 Å². The minimum absolute atomic E-state index is 0.000584. The molecule has 1 aliphatic rings. The van der Waals surface area contributed by atoms with E-state index < -0.39 is 36.1 Å². The van der Waals surface area contributed by atoms with Crippen LogP contribution < -0.4 is 10.6 Å². The van der Waals surface area contributed by atoms with Crippen LogP contribution in [0.3, 0.4) is 0 Å². The Morgan fingerprint density at radius 3 is 2.40 bits per heavy atom. The summed E-state index contributed by atoms with van der Waals surface area (Å²) in [6, 6.07) is 1.54. The maximum atomic E-state index is 13.0. The van der Waals surface area contributed by atoms with Crippen LogP contribution in [0.4, 0.5) is 13.6 Å². The molecule has 1 aromatic carbocycles. The van der Waals surface area contributed by atoms with Gasteiger partial charge in [-0.05, 0) is 30.9 Å². The zero-order valence-electron chi connectivity index (χ0n) is 13.8. The minimum Gasteiger partial charge on any atom is -0.452 e. The second-order valence-corrected chi connectivity index (χ2v) is 6.12. The van der Waals surface area contributed by atoms with E-state index >= 15 is 0 Å². The van der Waals surface area contributed by atoms with Crippen molar-refractivity contribution >= 4 is 17.9 Å². The zero-order chi connectivity index (χ0) is 18.4. The molecule has 0 spiro atoms. The molecule has 0 saturated heterocycles. The van der Waals surface area contributed by atoms with Crippen LogP contribution in [0.1, 0.15) is 43.0 Å². The minimum atomic E-state index is -1.06. The number of halogens is 2. The summed E-state index contributed by atoms with van der Waals surface area (Å²) in [5, 5.41) is 4.79. The number of esters is 1. The van der Waals surface area contributed by atoms with Crippen LogP contribution in [0.25, 0.3) is 0 Å². The predicted molar refractivity (Wildman–Crippen MR) is 84.7 cm³/mol. The number of rotatable bonds is 4. The number of hydrogen-bond acceptors (Lipinski definition) is 4. The lowest BCUT2D eigenvalue weighted by molar-refractivity contribution is -0.123. The molecule has 1 aliphatic carbocycles. The maximum Gasteiger partial charge on any atom is 0.338 e. The van der Waals surface area contributed by atoms with Crippen LogP contribution in [-0.4, -0.2) is 30.6 Å². The van der Waals surface area contributed by atoms with Gasteiger partial charge >= 0.3 is 12.0 Å². The highest BCUT2D eigenvalue weighted by molar-refractivity contribution is 5.97. The van der Waals surface area contributed by atoms with Crippen molar-refractivity contribution in [2.75, 3.05) is 6.61 Å². The molecule has 2 rings (SSSR count). The zero-order valence-corrected chi connectivity index (χ0v) is 13.8. The first-order valence-electron chi connectivity index (χ1n) is 8.08. The Morgan fingerprint density at radius 1 is 1.12 bits per heavy atom. The molecule has 0 unspecified atom stereocenters. The summed E-state index contributed by atoms with van der Waals surface area (Å²) in [5.41, 5.74) is -0.356. The highest BCUT2D eigenvalue weighted by Crippen LogP contribution is 2.23. The Morgan fingerprint density at radius 2 is 1.76 bits per heavy atom. The molecule has 1 saturated carbocycles. The van der Waals surface area contributed by atoms with Gasteiger partial charge in [0.15, 0.2) is 6.61 Å². The molecule has 2 N–H and O–H groups in total. The summed E-state index contributed by atoms with van der Waals surface area (Å²) in [6.07, 6.45) is 4.01. The third-order valence-electron chi connectivity index (χ3n) is 4.11. The van der Waals surface area contributed by atoms with Crippen LogP contribution in [0.5, 0.6) is 0 Å². The molecule has 6 nitrogen and oxygen atoms in total. The van der Waals surface area contributed by atoms with E-state index in [4.69, 9.17) is 0 Å². The lowest BCUT2D eigenvalue weighted by Gasteiger charge is -2.29. The summed E-state index contributed by atoms with van der Waals surface area (Å²) >= 11 is 0. The molecule has 0 aliphatic heterocycles. The van der Waals surface area contributed by atoms with Gasteiger partial charge in [0.2, 0.25) is 0 Å². The van der Waals surface area contributed by atoms with Gasteiger partial charge in [0.1, 0.15) is 11.6 Å².